The van der Waals surface area contributed by atoms with Gasteiger partial charge in [0.1, 0.15) is 11.5 Å². The van der Waals surface area contributed by atoms with Crippen LogP contribution in [0.2, 0.25) is 0 Å². The Kier molecular flexibility index (Phi) is 3.48. The van der Waals surface area contributed by atoms with E-state index in [4.69, 9.17) is 11.5 Å². The average molecular weight is 276 g/mol. The van der Waals surface area contributed by atoms with Gasteiger partial charge < -0.3 is 21.7 Å². The van der Waals surface area contributed by atoms with Gasteiger partial charge in [-0.3, -0.25) is 0 Å². The first-order valence-electron chi connectivity index (χ1n) is 5.74. The molecule has 0 saturated heterocycles. The zero-order valence-corrected chi connectivity index (χ0v) is 11.6. The molecule has 6 N–H and O–H groups in total. The molecule has 0 fully saturated rings. The van der Waals surface area contributed by atoms with Crippen LogP contribution in [0.4, 0.5) is 11.4 Å². The van der Waals surface area contributed by atoms with Crippen LogP contribution in [0.3, 0.4) is 0 Å². The van der Waals surface area contributed by atoms with Crippen molar-refractivity contribution in [3.63, 3.8) is 0 Å². The Bertz CT molecular complexity index is 540. The fourth-order valence-electron chi connectivity index (χ4n) is 1.75. The minimum absolute atomic E-state index is 0.0684. The van der Waals surface area contributed by atoms with Crippen LogP contribution in [0.15, 0.2) is 34.1 Å². The molecule has 0 aliphatic rings. The summed E-state index contributed by atoms with van der Waals surface area (Å²) in [6.07, 6.45) is 0. The summed E-state index contributed by atoms with van der Waals surface area (Å²) < 4.78 is 0. The molecule has 5 heteroatoms. The largest absolute Gasteiger partial charge is 0.506 e. The lowest BCUT2D eigenvalue weighted by molar-refractivity contribution is 0.476. The van der Waals surface area contributed by atoms with Crippen molar-refractivity contribution >= 4 is 23.1 Å². The Morgan fingerprint density at radius 2 is 1.16 bits per heavy atom. The minimum atomic E-state index is 0.0684. The fraction of sp³-hybridized carbons (Fsp3) is 0.143. The number of aryl methyl sites for hydroxylation is 2. The van der Waals surface area contributed by atoms with Crippen LogP contribution in [-0.4, -0.2) is 10.2 Å². The van der Waals surface area contributed by atoms with Crippen molar-refractivity contribution in [2.75, 3.05) is 11.5 Å². The molecule has 0 unspecified atom stereocenters. The third kappa shape index (κ3) is 2.71. The van der Waals surface area contributed by atoms with Crippen molar-refractivity contribution in [3.05, 3.63) is 35.4 Å². The maximum atomic E-state index is 9.70. The van der Waals surface area contributed by atoms with Crippen molar-refractivity contribution in [2.24, 2.45) is 0 Å². The topological polar surface area (TPSA) is 92.5 Å². The van der Waals surface area contributed by atoms with Crippen LogP contribution in [0, 0.1) is 13.8 Å². The van der Waals surface area contributed by atoms with Gasteiger partial charge in [0.15, 0.2) is 0 Å². The van der Waals surface area contributed by atoms with Crippen LogP contribution < -0.4 is 11.5 Å². The van der Waals surface area contributed by atoms with Crippen LogP contribution in [0.25, 0.3) is 0 Å². The third-order valence-corrected chi connectivity index (χ3v) is 3.86. The van der Waals surface area contributed by atoms with E-state index in [1.165, 1.54) is 11.8 Å². The van der Waals surface area contributed by atoms with E-state index < -0.39 is 0 Å². The van der Waals surface area contributed by atoms with Gasteiger partial charge >= 0.3 is 0 Å². The Hall–Kier alpha value is -2.01. The molecule has 0 atom stereocenters. The molecule has 19 heavy (non-hydrogen) atoms. The highest BCUT2D eigenvalue weighted by molar-refractivity contribution is 7.99. The SMILES string of the molecule is Cc1cc(Sc2cc(C)c(N)c(O)c2)cc(O)c1N. The number of hydrogen-bond donors (Lipinski definition) is 4. The first-order valence-corrected chi connectivity index (χ1v) is 6.56. The summed E-state index contributed by atoms with van der Waals surface area (Å²) >= 11 is 1.43. The molecule has 0 radical (unpaired) electrons. The summed E-state index contributed by atoms with van der Waals surface area (Å²) in [5.41, 5.74) is 13.8. The molecule has 100 valence electrons. The Labute approximate surface area is 116 Å². The van der Waals surface area contributed by atoms with Crippen LogP contribution in [0.1, 0.15) is 11.1 Å². The molecule has 2 rings (SSSR count). The lowest BCUT2D eigenvalue weighted by Gasteiger charge is -2.10. The lowest BCUT2D eigenvalue weighted by Crippen LogP contribution is -1.92. The average Bonchev–Trinajstić information content (AvgIpc) is 2.33. The first kappa shape index (κ1) is 13.4. The Morgan fingerprint density at radius 1 is 0.789 bits per heavy atom. The number of aromatic hydroxyl groups is 2. The standard InChI is InChI=1S/C14H16N2O2S/c1-7-3-9(5-11(17)13(7)15)19-10-4-8(2)14(16)12(18)6-10/h3-6,17-18H,15-16H2,1-2H3. The van der Waals surface area contributed by atoms with E-state index in [0.29, 0.717) is 11.4 Å². The van der Waals surface area contributed by atoms with Crippen molar-refractivity contribution < 1.29 is 10.2 Å². The van der Waals surface area contributed by atoms with E-state index in [9.17, 15) is 10.2 Å². The van der Waals surface area contributed by atoms with Crippen LogP contribution in [-0.2, 0) is 0 Å². The quantitative estimate of drug-likeness (QED) is 0.500. The van der Waals surface area contributed by atoms with Gasteiger partial charge in [-0.05, 0) is 49.2 Å². The molecule has 4 nitrogen and oxygen atoms in total. The van der Waals surface area contributed by atoms with Gasteiger partial charge in [-0.25, -0.2) is 0 Å². The van der Waals surface area contributed by atoms with E-state index in [-0.39, 0.29) is 11.5 Å². The second-order valence-electron chi connectivity index (χ2n) is 4.45. The van der Waals surface area contributed by atoms with Gasteiger partial charge in [0.2, 0.25) is 0 Å². The molecular weight excluding hydrogens is 260 g/mol. The first-order chi connectivity index (χ1) is 8.88. The molecule has 0 aromatic heterocycles. The molecule has 0 heterocycles. The predicted octanol–water partition coefficient (Wildman–Crippen LogP) is 3.03. The molecule has 0 saturated carbocycles. The number of rotatable bonds is 2. The smallest absolute Gasteiger partial charge is 0.139 e. The van der Waals surface area contributed by atoms with Crippen LogP contribution in [0.5, 0.6) is 11.5 Å². The molecule has 0 aliphatic carbocycles. The van der Waals surface area contributed by atoms with E-state index >= 15 is 0 Å². The van der Waals surface area contributed by atoms with Gasteiger partial charge in [-0.2, -0.15) is 0 Å². The summed E-state index contributed by atoms with van der Waals surface area (Å²) in [6, 6.07) is 7.00. The number of benzene rings is 2. The summed E-state index contributed by atoms with van der Waals surface area (Å²) in [5, 5.41) is 19.4. The monoisotopic (exact) mass is 276 g/mol. The Balaban J connectivity index is 2.36. The molecule has 0 amide bonds. The van der Waals surface area contributed by atoms with Crippen molar-refractivity contribution in [1.29, 1.82) is 0 Å². The van der Waals surface area contributed by atoms with E-state index in [1.54, 1.807) is 12.1 Å². The molecule has 2 aromatic carbocycles. The zero-order valence-electron chi connectivity index (χ0n) is 10.8. The summed E-state index contributed by atoms with van der Waals surface area (Å²) in [5.74, 6) is 0.137. The summed E-state index contributed by atoms with van der Waals surface area (Å²) in [7, 11) is 0. The number of hydrogen-bond acceptors (Lipinski definition) is 5. The van der Waals surface area contributed by atoms with Crippen molar-refractivity contribution in [1.82, 2.24) is 0 Å². The summed E-state index contributed by atoms with van der Waals surface area (Å²) in [6.45, 7) is 3.68. The lowest BCUT2D eigenvalue weighted by atomic mass is 10.2. The fourth-order valence-corrected chi connectivity index (χ4v) is 2.83. The molecule has 0 spiro atoms. The molecular formula is C14H16N2O2S. The number of nitrogen functional groups attached to an aromatic ring is 2. The summed E-state index contributed by atoms with van der Waals surface area (Å²) in [4.78, 5) is 1.71. The highest BCUT2D eigenvalue weighted by Crippen LogP contribution is 2.37. The van der Waals surface area contributed by atoms with Gasteiger partial charge in [0.05, 0.1) is 11.4 Å². The van der Waals surface area contributed by atoms with Gasteiger partial charge in [-0.15, -0.1) is 0 Å². The highest BCUT2D eigenvalue weighted by atomic mass is 32.2. The van der Waals surface area contributed by atoms with Gasteiger partial charge in [0, 0.05) is 9.79 Å². The zero-order chi connectivity index (χ0) is 14.2. The van der Waals surface area contributed by atoms with Crippen molar-refractivity contribution in [2.45, 2.75) is 23.6 Å². The number of phenolic OH excluding ortho intramolecular Hbond substituents is 2. The van der Waals surface area contributed by atoms with Gasteiger partial charge in [0.25, 0.3) is 0 Å². The highest BCUT2D eigenvalue weighted by Gasteiger charge is 2.08. The van der Waals surface area contributed by atoms with E-state index in [0.717, 1.165) is 20.9 Å². The predicted molar refractivity (Wildman–Crippen MR) is 78.6 cm³/mol. The van der Waals surface area contributed by atoms with E-state index in [1.807, 2.05) is 26.0 Å². The number of phenols is 2. The molecule has 2 aromatic rings. The molecule has 0 aliphatic heterocycles. The normalized spacial score (nSPS) is 10.6. The maximum absolute atomic E-state index is 9.70. The van der Waals surface area contributed by atoms with E-state index in [2.05, 4.69) is 0 Å². The Morgan fingerprint density at radius 3 is 1.47 bits per heavy atom. The minimum Gasteiger partial charge on any atom is -0.506 e. The maximum Gasteiger partial charge on any atom is 0.139 e. The number of nitrogens with two attached hydrogens (primary N) is 2. The van der Waals surface area contributed by atoms with Crippen LogP contribution >= 0.6 is 11.8 Å². The second-order valence-corrected chi connectivity index (χ2v) is 5.59. The number of anilines is 2. The molecule has 0 bridgehead atoms. The second kappa shape index (κ2) is 4.93. The van der Waals surface area contributed by atoms with Crippen molar-refractivity contribution in [3.8, 4) is 11.5 Å². The van der Waals surface area contributed by atoms with Gasteiger partial charge in [-0.1, -0.05) is 11.8 Å². The third-order valence-electron chi connectivity index (χ3n) is 2.91.